The highest BCUT2D eigenvalue weighted by atomic mass is 32.2. The number of ether oxygens (including phenoxy) is 4. The molecule has 2 heterocycles. The second-order valence-corrected chi connectivity index (χ2v) is 9.49. The quantitative estimate of drug-likeness (QED) is 0.228. The number of benzene rings is 2. The van der Waals surface area contributed by atoms with Crippen LogP contribution in [0.1, 0.15) is 12.5 Å². The SMILES string of the molecule is CO[C@@H]1[C@@H](OC)[C@H](C)O[C@@H](ON=Cc2ccc(-c3n[nH]c(-c4ccc(SC(F)(F)F)cc4)n3)cc2)[C@@H]1OC. The van der Waals surface area contributed by atoms with Gasteiger partial charge in [0.2, 0.25) is 0 Å². The van der Waals surface area contributed by atoms with E-state index in [4.69, 9.17) is 23.8 Å². The lowest BCUT2D eigenvalue weighted by molar-refractivity contribution is -0.305. The van der Waals surface area contributed by atoms with Crippen molar-refractivity contribution < 1.29 is 37.0 Å². The van der Waals surface area contributed by atoms with E-state index in [2.05, 4.69) is 20.3 Å². The molecular formula is C25H27F3N4O5S. The number of hydrogen-bond acceptors (Lipinski definition) is 9. The van der Waals surface area contributed by atoms with Crippen molar-refractivity contribution in [3.05, 3.63) is 54.1 Å². The normalized spacial score (nSPS) is 24.1. The van der Waals surface area contributed by atoms with Crippen LogP contribution in [0.2, 0.25) is 0 Å². The molecule has 0 radical (unpaired) electrons. The van der Waals surface area contributed by atoms with E-state index in [1.807, 2.05) is 31.2 Å². The largest absolute Gasteiger partial charge is 0.446 e. The van der Waals surface area contributed by atoms with Crippen molar-refractivity contribution in [1.82, 2.24) is 15.2 Å². The van der Waals surface area contributed by atoms with Crippen LogP contribution in [0, 0.1) is 0 Å². The first-order valence-electron chi connectivity index (χ1n) is 11.5. The van der Waals surface area contributed by atoms with Crippen molar-refractivity contribution in [2.24, 2.45) is 5.16 Å². The summed E-state index contributed by atoms with van der Waals surface area (Å²) in [5, 5.41) is 11.1. The lowest BCUT2D eigenvalue weighted by atomic mass is 9.99. The molecule has 0 amide bonds. The number of nitrogens with one attached hydrogen (secondary N) is 1. The van der Waals surface area contributed by atoms with Crippen LogP contribution in [0.3, 0.4) is 0 Å². The minimum Gasteiger partial charge on any atom is -0.376 e. The topological polar surface area (TPSA) is 100 Å². The lowest BCUT2D eigenvalue weighted by Crippen LogP contribution is -2.59. The highest BCUT2D eigenvalue weighted by Crippen LogP contribution is 2.37. The van der Waals surface area contributed by atoms with E-state index in [1.165, 1.54) is 19.2 Å². The molecule has 13 heteroatoms. The molecule has 1 aromatic heterocycles. The first-order valence-corrected chi connectivity index (χ1v) is 12.4. The van der Waals surface area contributed by atoms with Gasteiger partial charge in [0.05, 0.1) is 12.3 Å². The van der Waals surface area contributed by atoms with Gasteiger partial charge in [-0.15, -0.1) is 0 Å². The summed E-state index contributed by atoms with van der Waals surface area (Å²) in [6, 6.07) is 13.2. The summed E-state index contributed by atoms with van der Waals surface area (Å²) >= 11 is -0.165. The molecule has 1 saturated heterocycles. The maximum Gasteiger partial charge on any atom is 0.446 e. The molecule has 2 aromatic carbocycles. The van der Waals surface area contributed by atoms with Crippen LogP contribution in [0.15, 0.2) is 58.6 Å². The summed E-state index contributed by atoms with van der Waals surface area (Å²) in [6.07, 6.45) is -0.784. The van der Waals surface area contributed by atoms with Crippen LogP contribution in [-0.4, -0.2) is 78.9 Å². The molecule has 9 nitrogen and oxygen atoms in total. The Morgan fingerprint density at radius 2 is 1.55 bits per heavy atom. The predicted octanol–water partition coefficient (Wildman–Crippen LogP) is 4.89. The minimum atomic E-state index is -4.33. The van der Waals surface area contributed by atoms with E-state index < -0.39 is 24.0 Å². The van der Waals surface area contributed by atoms with E-state index >= 15 is 0 Å². The zero-order chi connectivity index (χ0) is 27.3. The maximum atomic E-state index is 12.5. The molecule has 0 unspecified atom stereocenters. The summed E-state index contributed by atoms with van der Waals surface area (Å²) in [6.45, 7) is 1.86. The molecule has 1 N–H and O–H groups in total. The Kier molecular flexibility index (Phi) is 9.05. The Morgan fingerprint density at radius 3 is 2.16 bits per heavy atom. The Bertz CT molecular complexity index is 1210. The molecular weight excluding hydrogens is 525 g/mol. The van der Waals surface area contributed by atoms with E-state index in [1.54, 1.807) is 32.6 Å². The number of aromatic amines is 1. The van der Waals surface area contributed by atoms with Gasteiger partial charge in [0.25, 0.3) is 6.29 Å². The monoisotopic (exact) mass is 552 g/mol. The molecule has 204 valence electrons. The van der Waals surface area contributed by atoms with Crippen LogP contribution in [0.5, 0.6) is 0 Å². The Morgan fingerprint density at radius 1 is 0.921 bits per heavy atom. The number of alkyl halides is 3. The van der Waals surface area contributed by atoms with Crippen LogP contribution in [0.4, 0.5) is 13.2 Å². The van der Waals surface area contributed by atoms with E-state index in [-0.39, 0.29) is 28.9 Å². The number of H-pyrrole nitrogens is 1. The van der Waals surface area contributed by atoms with Gasteiger partial charge in [0, 0.05) is 37.4 Å². The van der Waals surface area contributed by atoms with Crippen LogP contribution in [0.25, 0.3) is 22.8 Å². The van der Waals surface area contributed by atoms with Gasteiger partial charge in [0.15, 0.2) is 17.8 Å². The van der Waals surface area contributed by atoms with Gasteiger partial charge < -0.3 is 23.8 Å². The predicted molar refractivity (Wildman–Crippen MR) is 135 cm³/mol. The average Bonchev–Trinajstić information content (AvgIpc) is 3.38. The highest BCUT2D eigenvalue weighted by Gasteiger charge is 2.46. The van der Waals surface area contributed by atoms with Gasteiger partial charge >= 0.3 is 5.51 Å². The van der Waals surface area contributed by atoms with Crippen molar-refractivity contribution in [2.75, 3.05) is 21.3 Å². The number of methoxy groups -OCH3 is 3. The van der Waals surface area contributed by atoms with Crippen molar-refractivity contribution in [3.63, 3.8) is 0 Å². The van der Waals surface area contributed by atoms with Crippen molar-refractivity contribution in [1.29, 1.82) is 0 Å². The van der Waals surface area contributed by atoms with Crippen LogP contribution in [-0.2, 0) is 23.8 Å². The van der Waals surface area contributed by atoms with Crippen molar-refractivity contribution in [3.8, 4) is 22.8 Å². The summed E-state index contributed by atoms with van der Waals surface area (Å²) in [5.41, 5.74) is -2.21. The molecule has 0 bridgehead atoms. The van der Waals surface area contributed by atoms with Gasteiger partial charge in [-0.05, 0) is 36.4 Å². The van der Waals surface area contributed by atoms with Gasteiger partial charge in [-0.2, -0.15) is 18.3 Å². The molecule has 0 saturated carbocycles. The minimum absolute atomic E-state index is 0.0993. The number of rotatable bonds is 9. The maximum absolute atomic E-state index is 12.5. The number of aromatic nitrogens is 3. The fourth-order valence-corrected chi connectivity index (χ4v) is 4.64. The number of oxime groups is 1. The first-order chi connectivity index (χ1) is 18.2. The second-order valence-electron chi connectivity index (χ2n) is 8.35. The zero-order valence-electron chi connectivity index (χ0n) is 21.0. The van der Waals surface area contributed by atoms with Gasteiger partial charge in [0.1, 0.15) is 12.2 Å². The molecule has 3 aromatic rings. The van der Waals surface area contributed by atoms with Crippen molar-refractivity contribution >= 4 is 18.0 Å². The number of halogens is 3. The first kappa shape index (κ1) is 28.0. The lowest BCUT2D eigenvalue weighted by Gasteiger charge is -2.42. The average molecular weight is 553 g/mol. The van der Waals surface area contributed by atoms with E-state index in [9.17, 15) is 13.2 Å². The zero-order valence-corrected chi connectivity index (χ0v) is 21.8. The van der Waals surface area contributed by atoms with Crippen LogP contribution >= 0.6 is 11.8 Å². The summed E-state index contributed by atoms with van der Waals surface area (Å²) in [5.74, 6) is 0.890. The summed E-state index contributed by atoms with van der Waals surface area (Å²) in [4.78, 5) is 10.1. The van der Waals surface area contributed by atoms with Gasteiger partial charge in [-0.25, -0.2) is 4.98 Å². The fraction of sp³-hybridized carbons (Fsp3) is 0.400. The van der Waals surface area contributed by atoms with Gasteiger partial charge in [-0.1, -0.05) is 41.6 Å². The second kappa shape index (κ2) is 12.3. The number of hydrogen-bond donors (Lipinski definition) is 1. The highest BCUT2D eigenvalue weighted by molar-refractivity contribution is 8.00. The standard InChI is InChI=1S/C25H27F3N4O5S/c1-14-19(33-2)20(34-3)21(35-4)24(36-14)37-29-13-15-5-7-16(8-6-15)22-30-23(32-31-22)17-9-11-18(12-10-17)38-25(26,27)28/h5-14,19-21,24H,1-4H3,(H,30,31,32)/t14-,19-,20+,21+,24-/m0/s1. The molecule has 0 spiro atoms. The Hall–Kier alpha value is -2.97. The molecule has 4 rings (SSSR count). The Balaban J connectivity index is 1.38. The van der Waals surface area contributed by atoms with Gasteiger partial charge in [-0.3, -0.25) is 5.10 Å². The molecule has 1 aliphatic heterocycles. The molecule has 1 aliphatic rings. The van der Waals surface area contributed by atoms with E-state index in [0.717, 1.165) is 11.1 Å². The van der Waals surface area contributed by atoms with E-state index in [0.29, 0.717) is 17.2 Å². The van der Waals surface area contributed by atoms with Crippen LogP contribution < -0.4 is 0 Å². The smallest absolute Gasteiger partial charge is 0.376 e. The fourth-order valence-electron chi connectivity index (χ4n) is 4.10. The molecule has 0 aliphatic carbocycles. The third-order valence-corrected chi connectivity index (χ3v) is 6.67. The van der Waals surface area contributed by atoms with Crippen molar-refractivity contribution in [2.45, 2.75) is 48.0 Å². The molecule has 1 fully saturated rings. The Labute approximate surface area is 221 Å². The summed E-state index contributed by atoms with van der Waals surface area (Å²) < 4.78 is 60.0. The number of thioether (sulfide) groups is 1. The summed E-state index contributed by atoms with van der Waals surface area (Å²) in [7, 11) is 4.70. The number of nitrogens with zero attached hydrogens (tertiary/aromatic N) is 3. The molecule has 5 atom stereocenters. The third kappa shape index (κ3) is 6.72. The molecule has 38 heavy (non-hydrogen) atoms. The third-order valence-electron chi connectivity index (χ3n) is 5.93.